The number of methoxy groups -OCH3 is 1. The Balaban J connectivity index is 1.84. The summed E-state index contributed by atoms with van der Waals surface area (Å²) in [7, 11) is -1.70. The van der Waals surface area contributed by atoms with Crippen LogP contribution in [0, 0.1) is 5.92 Å². The fourth-order valence-electron chi connectivity index (χ4n) is 2.27. The monoisotopic (exact) mass is 299 g/mol. The molecule has 2 N–H and O–H groups in total. The molecule has 0 bridgehead atoms. The summed E-state index contributed by atoms with van der Waals surface area (Å²) >= 11 is 0. The van der Waals surface area contributed by atoms with Gasteiger partial charge in [-0.3, -0.25) is 0 Å². The van der Waals surface area contributed by atoms with E-state index in [1.165, 1.54) is 0 Å². The Hall–Kier alpha value is -1.18. The van der Waals surface area contributed by atoms with Crippen LogP contribution < -0.4 is 14.8 Å². The minimum absolute atomic E-state index is 0.184. The maximum atomic E-state index is 12.0. The molecule has 0 saturated carbocycles. The minimum Gasteiger partial charge on any atom is -0.481 e. The van der Waals surface area contributed by atoms with Gasteiger partial charge in [0, 0.05) is 18.8 Å². The fourth-order valence-corrected chi connectivity index (χ4v) is 3.67. The molecule has 1 fully saturated rings. The second-order valence-corrected chi connectivity index (χ2v) is 6.88. The van der Waals surface area contributed by atoms with Gasteiger partial charge in [0.15, 0.2) is 0 Å². The molecule has 2 heterocycles. The van der Waals surface area contributed by atoms with Crippen molar-refractivity contribution >= 4 is 10.0 Å². The maximum absolute atomic E-state index is 12.0. The predicted molar refractivity (Wildman–Crippen MR) is 77.0 cm³/mol. The lowest BCUT2D eigenvalue weighted by Crippen LogP contribution is -2.37. The Morgan fingerprint density at radius 3 is 2.95 bits per heavy atom. The summed E-state index contributed by atoms with van der Waals surface area (Å²) in [4.78, 5) is 4.05. The molecule has 2 rings (SSSR count). The van der Waals surface area contributed by atoms with Crippen molar-refractivity contribution in [3.05, 3.63) is 23.9 Å². The number of sulfonamides is 1. The highest BCUT2D eigenvalue weighted by Crippen LogP contribution is 2.12. The van der Waals surface area contributed by atoms with Crippen molar-refractivity contribution in [3.8, 4) is 5.88 Å². The van der Waals surface area contributed by atoms with Crippen LogP contribution in [0.3, 0.4) is 0 Å². The van der Waals surface area contributed by atoms with Crippen molar-refractivity contribution in [2.24, 2.45) is 5.92 Å². The van der Waals surface area contributed by atoms with Crippen LogP contribution in [0.5, 0.6) is 5.88 Å². The smallest absolute Gasteiger partial charge is 0.212 e. The molecular formula is C13H21N3O3S. The van der Waals surface area contributed by atoms with E-state index in [1.807, 2.05) is 0 Å². The number of piperidine rings is 1. The van der Waals surface area contributed by atoms with Crippen LogP contribution in [0.1, 0.15) is 18.4 Å². The van der Waals surface area contributed by atoms with Crippen LogP contribution in [0.15, 0.2) is 18.3 Å². The van der Waals surface area contributed by atoms with Crippen LogP contribution in [0.2, 0.25) is 0 Å². The molecule has 7 heteroatoms. The number of hydrogen-bond donors (Lipinski definition) is 2. The number of nitrogens with one attached hydrogen (secondary N) is 2. The van der Waals surface area contributed by atoms with Crippen molar-refractivity contribution < 1.29 is 13.2 Å². The van der Waals surface area contributed by atoms with Gasteiger partial charge in [-0.2, -0.15) is 0 Å². The van der Waals surface area contributed by atoms with Crippen molar-refractivity contribution in [3.63, 3.8) is 0 Å². The van der Waals surface area contributed by atoms with Crippen LogP contribution in [-0.2, 0) is 16.6 Å². The third-order valence-electron chi connectivity index (χ3n) is 3.36. The van der Waals surface area contributed by atoms with Gasteiger partial charge in [-0.1, -0.05) is 6.07 Å². The number of aromatic nitrogens is 1. The van der Waals surface area contributed by atoms with E-state index in [-0.39, 0.29) is 18.2 Å². The molecule has 0 aliphatic carbocycles. The Labute approximate surface area is 120 Å². The molecule has 20 heavy (non-hydrogen) atoms. The highest BCUT2D eigenvalue weighted by Gasteiger charge is 2.20. The lowest BCUT2D eigenvalue weighted by Gasteiger charge is -2.22. The molecule has 1 aliphatic heterocycles. The van der Waals surface area contributed by atoms with Gasteiger partial charge < -0.3 is 10.1 Å². The Bertz CT molecular complexity index is 510. The Morgan fingerprint density at radius 1 is 1.50 bits per heavy atom. The van der Waals surface area contributed by atoms with Gasteiger partial charge in [-0.15, -0.1) is 0 Å². The molecule has 1 aliphatic rings. The quantitative estimate of drug-likeness (QED) is 0.800. The molecule has 1 saturated heterocycles. The third kappa shape index (κ3) is 4.73. The van der Waals surface area contributed by atoms with E-state index >= 15 is 0 Å². The van der Waals surface area contributed by atoms with Gasteiger partial charge in [0.2, 0.25) is 15.9 Å². The van der Waals surface area contributed by atoms with Gasteiger partial charge in [-0.25, -0.2) is 18.1 Å². The van der Waals surface area contributed by atoms with E-state index in [1.54, 1.807) is 25.4 Å². The van der Waals surface area contributed by atoms with E-state index in [0.29, 0.717) is 5.88 Å². The van der Waals surface area contributed by atoms with E-state index in [4.69, 9.17) is 4.74 Å². The highest BCUT2D eigenvalue weighted by molar-refractivity contribution is 7.89. The summed E-state index contributed by atoms with van der Waals surface area (Å²) in [6, 6.07) is 3.52. The van der Waals surface area contributed by atoms with Crippen LogP contribution >= 0.6 is 0 Å². The second-order valence-electron chi connectivity index (χ2n) is 5.02. The normalized spacial score (nSPS) is 19.8. The molecule has 0 radical (unpaired) electrons. The van der Waals surface area contributed by atoms with Crippen molar-refractivity contribution in [2.45, 2.75) is 19.4 Å². The average Bonchev–Trinajstić information content (AvgIpc) is 2.46. The van der Waals surface area contributed by atoms with Crippen molar-refractivity contribution in [2.75, 3.05) is 26.0 Å². The zero-order chi connectivity index (χ0) is 14.4. The van der Waals surface area contributed by atoms with Crippen LogP contribution in [0.4, 0.5) is 0 Å². The Morgan fingerprint density at radius 2 is 2.35 bits per heavy atom. The first-order valence-electron chi connectivity index (χ1n) is 6.76. The van der Waals surface area contributed by atoms with Gasteiger partial charge >= 0.3 is 0 Å². The predicted octanol–water partition coefficient (Wildman–Crippen LogP) is 0.509. The van der Waals surface area contributed by atoms with E-state index in [2.05, 4.69) is 15.0 Å². The summed E-state index contributed by atoms with van der Waals surface area (Å²) in [6.45, 7) is 2.03. The maximum Gasteiger partial charge on any atom is 0.212 e. The topological polar surface area (TPSA) is 80.3 Å². The number of nitrogens with zero attached hydrogens (tertiary/aromatic N) is 1. The lowest BCUT2D eigenvalue weighted by atomic mass is 10.0. The molecule has 0 spiro atoms. The van der Waals surface area contributed by atoms with E-state index in [0.717, 1.165) is 31.5 Å². The Kier molecular flexibility index (Phi) is 5.33. The average molecular weight is 299 g/mol. The fraction of sp³-hybridized carbons (Fsp3) is 0.615. The van der Waals surface area contributed by atoms with Gasteiger partial charge in [0.1, 0.15) is 0 Å². The summed E-state index contributed by atoms with van der Waals surface area (Å²) in [5.41, 5.74) is 0.816. The molecule has 0 amide bonds. The number of ether oxygens (including phenoxy) is 1. The summed E-state index contributed by atoms with van der Waals surface area (Å²) in [5, 5.41) is 3.23. The highest BCUT2D eigenvalue weighted by atomic mass is 32.2. The first-order valence-corrected chi connectivity index (χ1v) is 8.41. The number of rotatable bonds is 6. The number of hydrogen-bond acceptors (Lipinski definition) is 5. The van der Waals surface area contributed by atoms with Crippen LogP contribution in [0.25, 0.3) is 0 Å². The molecule has 1 unspecified atom stereocenters. The molecular weight excluding hydrogens is 278 g/mol. The first kappa shape index (κ1) is 15.2. The molecule has 1 atom stereocenters. The van der Waals surface area contributed by atoms with E-state index < -0.39 is 10.0 Å². The minimum atomic E-state index is -3.24. The van der Waals surface area contributed by atoms with Gasteiger partial charge in [-0.05, 0) is 37.4 Å². The summed E-state index contributed by atoms with van der Waals surface area (Å²) in [5.74, 6) is 0.906. The molecule has 1 aromatic heterocycles. The molecule has 0 aromatic carbocycles. The first-order chi connectivity index (χ1) is 9.59. The van der Waals surface area contributed by atoms with Gasteiger partial charge in [0.05, 0.1) is 12.9 Å². The summed E-state index contributed by atoms with van der Waals surface area (Å²) in [6.07, 6.45) is 3.63. The zero-order valence-electron chi connectivity index (χ0n) is 11.6. The lowest BCUT2D eigenvalue weighted by molar-refractivity contribution is 0.397. The van der Waals surface area contributed by atoms with Crippen molar-refractivity contribution in [1.82, 2.24) is 15.0 Å². The van der Waals surface area contributed by atoms with Crippen molar-refractivity contribution in [1.29, 1.82) is 0 Å². The third-order valence-corrected chi connectivity index (χ3v) is 4.85. The molecule has 6 nitrogen and oxygen atoms in total. The number of pyridine rings is 1. The largest absolute Gasteiger partial charge is 0.481 e. The SMILES string of the molecule is COc1ccc(CNS(=O)(=O)CC2CCCNC2)cn1. The summed E-state index contributed by atoms with van der Waals surface area (Å²) < 4.78 is 31.6. The van der Waals surface area contributed by atoms with Gasteiger partial charge in [0.25, 0.3) is 0 Å². The zero-order valence-corrected chi connectivity index (χ0v) is 12.4. The molecule has 112 valence electrons. The molecule has 1 aromatic rings. The van der Waals surface area contributed by atoms with Crippen LogP contribution in [-0.4, -0.2) is 39.4 Å². The second kappa shape index (κ2) is 7.01. The standard InChI is InChI=1S/C13H21N3O3S/c1-19-13-5-4-11(8-15-13)9-16-20(17,18)10-12-3-2-6-14-7-12/h4-5,8,12,14,16H,2-3,6-7,9-10H2,1H3. The van der Waals surface area contributed by atoms with E-state index in [9.17, 15) is 8.42 Å².